The number of nitrogens with one attached hydrogen (secondary N) is 2. The van der Waals surface area contributed by atoms with E-state index in [4.69, 9.17) is 9.47 Å². The Labute approximate surface area is 193 Å². The predicted molar refractivity (Wildman–Crippen MR) is 122 cm³/mol. The summed E-state index contributed by atoms with van der Waals surface area (Å²) in [7, 11) is -3.33. The van der Waals surface area contributed by atoms with E-state index in [2.05, 4.69) is 31.4 Å². The van der Waals surface area contributed by atoms with Crippen LogP contribution in [-0.4, -0.2) is 40.1 Å². The molecule has 3 aromatic carbocycles. The Kier molecular flexibility index (Phi) is 5.19. The van der Waals surface area contributed by atoms with Gasteiger partial charge in [-0.2, -0.15) is 20.7 Å². The van der Waals surface area contributed by atoms with E-state index in [1.807, 2.05) is 0 Å². The van der Waals surface area contributed by atoms with E-state index in [0.29, 0.717) is 51.1 Å². The van der Waals surface area contributed by atoms with Gasteiger partial charge in [0.05, 0.1) is 27.7 Å². The lowest BCUT2D eigenvalue weighted by Gasteiger charge is -2.13. The smallest absolute Gasteiger partial charge is 0.175 e. The Hall–Kier alpha value is -4.69. The van der Waals surface area contributed by atoms with Crippen LogP contribution in [0.3, 0.4) is 0 Å². The first-order valence-electron chi connectivity index (χ1n) is 9.95. The number of rotatable bonds is 6. The second-order valence-corrected chi connectivity index (χ2v) is 9.33. The number of hydrogen-bond acceptors (Lipinski definition) is 8. The van der Waals surface area contributed by atoms with Crippen LogP contribution in [0.5, 0.6) is 23.0 Å². The summed E-state index contributed by atoms with van der Waals surface area (Å²) in [5, 5.41) is 19.8. The van der Waals surface area contributed by atoms with Gasteiger partial charge in [-0.15, -0.1) is 0 Å². The first-order valence-corrected chi connectivity index (χ1v) is 11.8. The molecule has 0 aliphatic heterocycles. The fourth-order valence-electron chi connectivity index (χ4n) is 3.26. The minimum Gasteiger partial charge on any atom is -0.453 e. The number of fused-ring (bicyclic) bond motifs is 1. The van der Waals surface area contributed by atoms with Gasteiger partial charge < -0.3 is 14.5 Å². The fourth-order valence-corrected chi connectivity index (χ4v) is 3.89. The van der Waals surface area contributed by atoms with E-state index in [-0.39, 0.29) is 4.90 Å². The van der Waals surface area contributed by atoms with Crippen LogP contribution in [0.4, 0.5) is 0 Å². The highest BCUT2D eigenvalue weighted by molar-refractivity contribution is 7.90. The van der Waals surface area contributed by atoms with Gasteiger partial charge in [0.15, 0.2) is 27.2 Å². The largest absolute Gasteiger partial charge is 0.453 e. The molecule has 11 heteroatoms. The highest BCUT2D eigenvalue weighted by atomic mass is 32.2. The van der Waals surface area contributed by atoms with Crippen molar-refractivity contribution >= 4 is 20.9 Å². The number of aromatic amines is 2. The molecule has 0 aliphatic rings. The second kappa shape index (κ2) is 8.34. The van der Waals surface area contributed by atoms with Crippen molar-refractivity contribution in [3.63, 3.8) is 0 Å². The molecule has 168 valence electrons. The fraction of sp³-hybridized carbons (Fsp3) is 0.0435. The topological polar surface area (TPSA) is 147 Å². The van der Waals surface area contributed by atoms with Crippen LogP contribution >= 0.6 is 0 Å². The minimum atomic E-state index is -3.33. The first-order chi connectivity index (χ1) is 16.4. The molecule has 34 heavy (non-hydrogen) atoms. The van der Waals surface area contributed by atoms with E-state index in [1.54, 1.807) is 54.7 Å². The van der Waals surface area contributed by atoms with Gasteiger partial charge in [-0.3, -0.25) is 0 Å². The summed E-state index contributed by atoms with van der Waals surface area (Å²) < 4.78 is 35.6. The van der Waals surface area contributed by atoms with Crippen LogP contribution in [0.1, 0.15) is 5.56 Å². The third kappa shape index (κ3) is 4.17. The average Bonchev–Trinajstić information content (AvgIpc) is 3.49. The van der Waals surface area contributed by atoms with Gasteiger partial charge in [-0.25, -0.2) is 13.4 Å². The number of benzene rings is 3. The van der Waals surface area contributed by atoms with Crippen LogP contribution in [0.25, 0.3) is 22.6 Å². The minimum absolute atomic E-state index is 0.181. The Balaban J connectivity index is 1.58. The average molecular weight is 472 g/mol. The van der Waals surface area contributed by atoms with Crippen molar-refractivity contribution in [1.82, 2.24) is 25.4 Å². The molecular weight excluding hydrogens is 456 g/mol. The number of sulfone groups is 1. The van der Waals surface area contributed by atoms with Crippen LogP contribution in [0, 0.1) is 11.3 Å². The summed E-state index contributed by atoms with van der Waals surface area (Å²) in [6, 6.07) is 18.4. The van der Waals surface area contributed by atoms with Gasteiger partial charge >= 0.3 is 0 Å². The molecule has 0 bridgehead atoms. The Morgan fingerprint density at radius 3 is 2.44 bits per heavy atom. The van der Waals surface area contributed by atoms with Crippen molar-refractivity contribution < 1.29 is 17.9 Å². The summed E-state index contributed by atoms with van der Waals surface area (Å²) in [5.74, 6) is 1.92. The molecule has 10 nitrogen and oxygen atoms in total. The number of para-hydroxylation sites is 1. The number of nitrogens with zero attached hydrogens (tertiary/aromatic N) is 4. The zero-order valence-electron chi connectivity index (χ0n) is 17.7. The molecule has 0 spiro atoms. The van der Waals surface area contributed by atoms with E-state index in [9.17, 15) is 13.7 Å². The molecule has 2 heterocycles. The van der Waals surface area contributed by atoms with Crippen molar-refractivity contribution in [1.29, 1.82) is 5.26 Å². The molecule has 0 fully saturated rings. The second-order valence-electron chi connectivity index (χ2n) is 7.31. The zero-order valence-corrected chi connectivity index (χ0v) is 18.5. The van der Waals surface area contributed by atoms with Gasteiger partial charge in [0.1, 0.15) is 23.3 Å². The maximum atomic E-state index is 11.8. The van der Waals surface area contributed by atoms with E-state index >= 15 is 0 Å². The van der Waals surface area contributed by atoms with Crippen LogP contribution < -0.4 is 9.47 Å². The number of hydrogen-bond donors (Lipinski definition) is 2. The summed E-state index contributed by atoms with van der Waals surface area (Å²) in [6.45, 7) is 0. The molecule has 5 rings (SSSR count). The van der Waals surface area contributed by atoms with Crippen molar-refractivity contribution in [3.8, 4) is 40.6 Å². The Morgan fingerprint density at radius 2 is 1.74 bits per heavy atom. The van der Waals surface area contributed by atoms with Gasteiger partial charge in [0, 0.05) is 18.4 Å². The van der Waals surface area contributed by atoms with Crippen LogP contribution in [-0.2, 0) is 9.84 Å². The Bertz CT molecular complexity index is 1640. The molecule has 0 aliphatic carbocycles. The van der Waals surface area contributed by atoms with Crippen molar-refractivity contribution in [2.24, 2.45) is 0 Å². The molecule has 0 saturated heterocycles. The number of nitriles is 1. The van der Waals surface area contributed by atoms with Gasteiger partial charge in [0.2, 0.25) is 0 Å². The highest BCUT2D eigenvalue weighted by Crippen LogP contribution is 2.39. The number of aromatic nitrogens is 5. The van der Waals surface area contributed by atoms with Crippen molar-refractivity contribution in [2.75, 3.05) is 6.26 Å². The SMILES string of the molecule is CS(=O)(=O)c1ccc(Oc2cc3[nH]c(-c4cn[nH]n4)nc3cc2Oc2ccccc2C#N)cc1. The number of ether oxygens (including phenoxy) is 2. The number of imidazole rings is 1. The summed E-state index contributed by atoms with van der Waals surface area (Å²) >= 11 is 0. The highest BCUT2D eigenvalue weighted by Gasteiger charge is 2.16. The first kappa shape index (κ1) is 21.2. The quantitative estimate of drug-likeness (QED) is 0.374. The standard InChI is InChI=1S/C23H16N6O4S/c1-34(30,31)16-8-6-15(7-9-16)32-21-10-17-18(27-23(26-17)19-13-25-29-28-19)11-22(21)33-20-5-3-2-4-14(20)12-24/h2-11,13H,1H3,(H,26,27)(H,25,28,29). The van der Waals surface area contributed by atoms with Gasteiger partial charge in [-0.1, -0.05) is 12.1 Å². The van der Waals surface area contributed by atoms with E-state index in [0.717, 1.165) is 6.26 Å². The third-order valence-electron chi connectivity index (χ3n) is 4.91. The Morgan fingerprint density at radius 1 is 0.971 bits per heavy atom. The summed E-state index contributed by atoms with van der Waals surface area (Å²) in [4.78, 5) is 7.89. The van der Waals surface area contributed by atoms with Crippen molar-refractivity contribution in [3.05, 3.63) is 72.4 Å². The lowest BCUT2D eigenvalue weighted by atomic mass is 10.2. The monoisotopic (exact) mass is 472 g/mol. The zero-order chi connectivity index (χ0) is 23.7. The van der Waals surface area contributed by atoms with Crippen LogP contribution in [0.2, 0.25) is 0 Å². The molecule has 2 aromatic heterocycles. The summed E-state index contributed by atoms with van der Waals surface area (Å²) in [6.07, 6.45) is 2.68. The molecule has 2 N–H and O–H groups in total. The predicted octanol–water partition coefficient (Wildman–Crippen LogP) is 4.21. The lowest BCUT2D eigenvalue weighted by molar-refractivity contribution is 0.419. The molecular formula is C23H16N6O4S. The maximum Gasteiger partial charge on any atom is 0.175 e. The molecule has 0 radical (unpaired) electrons. The normalized spacial score (nSPS) is 11.3. The van der Waals surface area contributed by atoms with Crippen molar-refractivity contribution in [2.45, 2.75) is 4.90 Å². The van der Waals surface area contributed by atoms with E-state index in [1.165, 1.54) is 12.1 Å². The molecule has 5 aromatic rings. The number of H-pyrrole nitrogens is 2. The van der Waals surface area contributed by atoms with Gasteiger partial charge in [-0.05, 0) is 36.4 Å². The molecule has 0 atom stereocenters. The maximum absolute atomic E-state index is 11.8. The molecule has 0 amide bonds. The molecule has 0 unspecified atom stereocenters. The van der Waals surface area contributed by atoms with E-state index < -0.39 is 9.84 Å². The van der Waals surface area contributed by atoms with Crippen LogP contribution in [0.15, 0.2) is 71.8 Å². The van der Waals surface area contributed by atoms with Gasteiger partial charge in [0.25, 0.3) is 0 Å². The summed E-state index contributed by atoms with van der Waals surface area (Å²) in [5.41, 5.74) is 2.13. The molecule has 0 saturated carbocycles. The lowest BCUT2D eigenvalue weighted by Crippen LogP contribution is -1.97. The third-order valence-corrected chi connectivity index (χ3v) is 6.04.